The Bertz CT molecular complexity index is 676. The van der Waals surface area contributed by atoms with Gasteiger partial charge in [0, 0.05) is 17.2 Å². The van der Waals surface area contributed by atoms with E-state index in [1.165, 1.54) is 0 Å². The topological polar surface area (TPSA) is 49.4 Å². The van der Waals surface area contributed by atoms with Crippen LogP contribution in [-0.4, -0.2) is 33.4 Å². The van der Waals surface area contributed by atoms with Crippen molar-refractivity contribution in [2.75, 3.05) is 5.75 Å². The van der Waals surface area contributed by atoms with Crippen LogP contribution in [0.5, 0.6) is 0 Å². The first kappa shape index (κ1) is 16.3. The fourth-order valence-electron chi connectivity index (χ4n) is 3.84. The minimum absolute atomic E-state index is 0.0179. The van der Waals surface area contributed by atoms with Gasteiger partial charge < -0.3 is 10.2 Å². The first-order valence-electron chi connectivity index (χ1n) is 8.50. The first-order chi connectivity index (χ1) is 11.5. The van der Waals surface area contributed by atoms with E-state index >= 15 is 0 Å². The van der Waals surface area contributed by atoms with Crippen molar-refractivity contribution in [2.24, 2.45) is 5.92 Å². The summed E-state index contributed by atoms with van der Waals surface area (Å²) in [4.78, 5) is 26.8. The van der Waals surface area contributed by atoms with Crippen LogP contribution in [0.2, 0.25) is 5.02 Å². The van der Waals surface area contributed by atoms with Crippen LogP contribution in [-0.2, 0) is 9.59 Å². The van der Waals surface area contributed by atoms with E-state index in [1.807, 2.05) is 29.2 Å². The molecule has 3 aliphatic rings. The molecule has 4 nitrogen and oxygen atoms in total. The van der Waals surface area contributed by atoms with E-state index in [2.05, 4.69) is 12.2 Å². The number of benzene rings is 1. The SMILES string of the molecule is C[C@]12CCC(=O)N1[C@H](C(=O)N[C@H](c1ccc(Cl)cc1)C1CC1)CS2. The Labute approximate surface area is 151 Å². The number of amides is 2. The van der Waals surface area contributed by atoms with Crippen LogP contribution in [0, 0.1) is 5.92 Å². The Morgan fingerprint density at radius 3 is 2.75 bits per heavy atom. The molecule has 1 aromatic carbocycles. The molecular weight excluding hydrogens is 344 g/mol. The predicted octanol–water partition coefficient (Wildman–Crippen LogP) is 3.36. The molecule has 2 saturated heterocycles. The highest BCUT2D eigenvalue weighted by Gasteiger charge is 2.53. The zero-order valence-electron chi connectivity index (χ0n) is 13.6. The number of rotatable bonds is 4. The predicted molar refractivity (Wildman–Crippen MR) is 95.8 cm³/mol. The third-order valence-corrected chi connectivity index (χ3v) is 7.12. The third kappa shape index (κ3) is 2.82. The molecule has 24 heavy (non-hydrogen) atoms. The number of nitrogens with zero attached hydrogens (tertiary/aromatic N) is 1. The maximum absolute atomic E-state index is 12.9. The van der Waals surface area contributed by atoms with Crippen LogP contribution in [0.3, 0.4) is 0 Å². The number of halogens is 1. The minimum Gasteiger partial charge on any atom is -0.347 e. The van der Waals surface area contributed by atoms with Crippen molar-refractivity contribution in [3.8, 4) is 0 Å². The summed E-state index contributed by atoms with van der Waals surface area (Å²) in [7, 11) is 0. The summed E-state index contributed by atoms with van der Waals surface area (Å²) in [5, 5.41) is 3.92. The Kier molecular flexibility index (Phi) is 4.04. The van der Waals surface area contributed by atoms with Crippen LogP contribution >= 0.6 is 23.4 Å². The zero-order chi connectivity index (χ0) is 16.9. The highest BCUT2D eigenvalue weighted by Crippen LogP contribution is 2.48. The zero-order valence-corrected chi connectivity index (χ0v) is 15.2. The van der Waals surface area contributed by atoms with Gasteiger partial charge in [-0.3, -0.25) is 9.59 Å². The second-order valence-electron chi connectivity index (χ2n) is 7.14. The van der Waals surface area contributed by atoms with E-state index in [4.69, 9.17) is 11.6 Å². The van der Waals surface area contributed by atoms with Gasteiger partial charge in [-0.05, 0) is 49.8 Å². The lowest BCUT2D eigenvalue weighted by Crippen LogP contribution is -2.50. The number of hydrogen-bond donors (Lipinski definition) is 1. The molecule has 1 saturated carbocycles. The standard InChI is InChI=1S/C18H21ClN2O2S/c1-18-9-8-15(22)21(18)14(10-24-18)17(23)20-16(11-2-3-11)12-4-6-13(19)7-5-12/h4-7,11,14,16H,2-3,8-10H2,1H3,(H,20,23)/t14-,16-,18-/m0/s1. The van der Waals surface area contributed by atoms with Crippen LogP contribution in [0.25, 0.3) is 0 Å². The van der Waals surface area contributed by atoms with Gasteiger partial charge in [0.15, 0.2) is 0 Å². The maximum Gasteiger partial charge on any atom is 0.244 e. The molecule has 1 aliphatic carbocycles. The normalized spacial score (nSPS) is 30.3. The van der Waals surface area contributed by atoms with Crippen molar-refractivity contribution in [2.45, 2.75) is 49.6 Å². The molecule has 3 atom stereocenters. The molecule has 1 N–H and O–H groups in total. The van der Waals surface area contributed by atoms with E-state index in [1.54, 1.807) is 11.8 Å². The maximum atomic E-state index is 12.9. The quantitative estimate of drug-likeness (QED) is 0.891. The summed E-state index contributed by atoms with van der Waals surface area (Å²) in [5.74, 6) is 1.27. The smallest absolute Gasteiger partial charge is 0.244 e. The van der Waals surface area contributed by atoms with Crippen molar-refractivity contribution in [1.82, 2.24) is 10.2 Å². The second-order valence-corrected chi connectivity index (χ2v) is 9.08. The number of hydrogen-bond acceptors (Lipinski definition) is 3. The lowest BCUT2D eigenvalue weighted by Gasteiger charge is -2.31. The molecule has 2 aliphatic heterocycles. The molecule has 2 heterocycles. The molecule has 0 bridgehead atoms. The van der Waals surface area contributed by atoms with Gasteiger partial charge in [-0.15, -0.1) is 11.8 Å². The van der Waals surface area contributed by atoms with Gasteiger partial charge in [-0.25, -0.2) is 0 Å². The Morgan fingerprint density at radius 2 is 2.08 bits per heavy atom. The van der Waals surface area contributed by atoms with E-state index in [9.17, 15) is 9.59 Å². The molecule has 4 rings (SSSR count). The van der Waals surface area contributed by atoms with E-state index < -0.39 is 0 Å². The Morgan fingerprint density at radius 1 is 1.38 bits per heavy atom. The largest absolute Gasteiger partial charge is 0.347 e. The Balaban J connectivity index is 1.52. The molecular formula is C18H21ClN2O2S. The van der Waals surface area contributed by atoms with Crippen molar-refractivity contribution in [3.05, 3.63) is 34.9 Å². The molecule has 2 amide bonds. The summed E-state index contributed by atoms with van der Waals surface area (Å²) in [6.45, 7) is 2.08. The monoisotopic (exact) mass is 364 g/mol. The average Bonchev–Trinajstić information content (AvgIpc) is 3.28. The molecule has 0 spiro atoms. The molecule has 0 unspecified atom stereocenters. The van der Waals surface area contributed by atoms with E-state index in [0.717, 1.165) is 24.8 Å². The first-order valence-corrected chi connectivity index (χ1v) is 9.86. The van der Waals surface area contributed by atoms with Crippen molar-refractivity contribution < 1.29 is 9.59 Å². The summed E-state index contributed by atoms with van der Waals surface area (Å²) in [6, 6.07) is 7.38. The van der Waals surface area contributed by atoms with Crippen molar-refractivity contribution in [3.63, 3.8) is 0 Å². The van der Waals surface area contributed by atoms with Crippen LogP contribution in [0.1, 0.15) is 44.2 Å². The van der Waals surface area contributed by atoms with Crippen LogP contribution < -0.4 is 5.32 Å². The lowest BCUT2D eigenvalue weighted by atomic mass is 10.0. The van der Waals surface area contributed by atoms with Crippen molar-refractivity contribution in [1.29, 1.82) is 0 Å². The number of carbonyl (C=O) groups excluding carboxylic acids is 2. The number of fused-ring (bicyclic) bond motifs is 1. The molecule has 0 aromatic heterocycles. The fraction of sp³-hybridized carbons (Fsp3) is 0.556. The Hall–Kier alpha value is -1.20. The highest BCUT2D eigenvalue weighted by molar-refractivity contribution is 8.01. The van der Waals surface area contributed by atoms with E-state index in [-0.39, 0.29) is 28.8 Å². The van der Waals surface area contributed by atoms with E-state index in [0.29, 0.717) is 23.1 Å². The molecule has 3 fully saturated rings. The summed E-state index contributed by atoms with van der Waals surface area (Å²) < 4.78 is 0. The lowest BCUT2D eigenvalue weighted by molar-refractivity contribution is -0.138. The van der Waals surface area contributed by atoms with Gasteiger partial charge in [0.25, 0.3) is 0 Å². The summed E-state index contributed by atoms with van der Waals surface area (Å²) in [5.41, 5.74) is 1.09. The van der Waals surface area contributed by atoms with Gasteiger partial charge in [-0.1, -0.05) is 23.7 Å². The number of thioether (sulfide) groups is 1. The van der Waals surface area contributed by atoms with Crippen LogP contribution in [0.4, 0.5) is 0 Å². The van der Waals surface area contributed by atoms with Gasteiger partial charge in [0.1, 0.15) is 6.04 Å². The van der Waals surface area contributed by atoms with Gasteiger partial charge >= 0.3 is 0 Å². The van der Waals surface area contributed by atoms with Crippen molar-refractivity contribution >= 4 is 35.2 Å². The number of nitrogens with one attached hydrogen (secondary N) is 1. The molecule has 128 valence electrons. The molecule has 1 aromatic rings. The third-order valence-electron chi connectivity index (χ3n) is 5.37. The highest BCUT2D eigenvalue weighted by atomic mass is 35.5. The minimum atomic E-state index is -0.344. The second kappa shape index (κ2) is 5.95. The molecule has 0 radical (unpaired) electrons. The number of carbonyl (C=O) groups is 2. The fourth-order valence-corrected chi connectivity index (χ4v) is 5.40. The van der Waals surface area contributed by atoms with Crippen LogP contribution in [0.15, 0.2) is 24.3 Å². The molecule has 6 heteroatoms. The van der Waals surface area contributed by atoms with Gasteiger partial charge in [-0.2, -0.15) is 0 Å². The van der Waals surface area contributed by atoms with Gasteiger partial charge in [0.05, 0.1) is 10.9 Å². The average molecular weight is 365 g/mol. The van der Waals surface area contributed by atoms with Gasteiger partial charge in [0.2, 0.25) is 11.8 Å². The summed E-state index contributed by atoms with van der Waals surface area (Å²) >= 11 is 7.71. The summed E-state index contributed by atoms with van der Waals surface area (Å²) in [6.07, 6.45) is 3.65.